The third kappa shape index (κ3) is 2.81. The molecule has 138 valence electrons. The van der Waals surface area contributed by atoms with Gasteiger partial charge in [0.2, 0.25) is 0 Å². The first kappa shape index (κ1) is 17.1. The Morgan fingerprint density at radius 3 is 2.81 bits per heavy atom. The molecule has 7 heteroatoms. The monoisotopic (exact) mass is 366 g/mol. The molecule has 4 rings (SSSR count). The van der Waals surface area contributed by atoms with Crippen molar-refractivity contribution in [3.05, 3.63) is 75.4 Å². The first-order chi connectivity index (χ1) is 13.0. The van der Waals surface area contributed by atoms with Crippen LogP contribution in [0, 0.1) is 16.0 Å². The van der Waals surface area contributed by atoms with E-state index < -0.39 is 10.9 Å². The van der Waals surface area contributed by atoms with E-state index >= 15 is 0 Å². The highest BCUT2D eigenvalue weighted by molar-refractivity contribution is 5.89. The van der Waals surface area contributed by atoms with Crippen LogP contribution in [0.4, 0.5) is 11.4 Å². The molecule has 0 spiro atoms. The fraction of sp³-hybridized carbons (Fsp3) is 0.250. The van der Waals surface area contributed by atoms with Gasteiger partial charge in [0.15, 0.2) is 5.75 Å². The number of ether oxygens (including phenoxy) is 1. The minimum absolute atomic E-state index is 0.0636. The van der Waals surface area contributed by atoms with Crippen LogP contribution < -0.4 is 10.1 Å². The van der Waals surface area contributed by atoms with Crippen molar-refractivity contribution in [1.29, 1.82) is 0 Å². The number of aromatic carboxylic acids is 1. The number of nitro groups is 1. The van der Waals surface area contributed by atoms with E-state index in [1.54, 1.807) is 30.3 Å². The number of anilines is 1. The van der Waals surface area contributed by atoms with Crippen molar-refractivity contribution >= 4 is 17.3 Å². The highest BCUT2D eigenvalue weighted by Gasteiger charge is 2.38. The number of hydrogen-bond acceptors (Lipinski definition) is 5. The average Bonchev–Trinajstić information content (AvgIpc) is 3.16. The first-order valence-corrected chi connectivity index (χ1v) is 8.62. The van der Waals surface area contributed by atoms with Crippen molar-refractivity contribution in [2.45, 2.75) is 18.4 Å². The van der Waals surface area contributed by atoms with Crippen LogP contribution in [0.15, 0.2) is 48.6 Å². The largest absolute Gasteiger partial charge is 0.490 e. The van der Waals surface area contributed by atoms with Gasteiger partial charge in [0, 0.05) is 17.7 Å². The molecule has 0 bridgehead atoms. The molecule has 0 radical (unpaired) electrons. The van der Waals surface area contributed by atoms with Gasteiger partial charge in [-0.05, 0) is 47.7 Å². The zero-order valence-electron chi connectivity index (χ0n) is 14.6. The lowest BCUT2D eigenvalue weighted by molar-refractivity contribution is -0.385. The standard InChI is InChI=1S/C20H18N2O5/c1-27-18-8-6-11(10-17(18)22(25)26)19-14-4-2-3-13(14)15-9-12(20(23)24)5-7-16(15)21-19/h2-3,5-10,13-14,19,21H,4H2,1H3,(H,23,24)/t13-,14+,19+/m1/s1. The molecule has 0 aromatic heterocycles. The molecule has 2 N–H and O–H groups in total. The number of methoxy groups -OCH3 is 1. The number of hydrogen-bond donors (Lipinski definition) is 2. The number of carbonyl (C=O) groups is 1. The Morgan fingerprint density at radius 2 is 2.11 bits per heavy atom. The van der Waals surface area contributed by atoms with Gasteiger partial charge in [-0.1, -0.05) is 18.2 Å². The molecule has 2 aliphatic rings. The quantitative estimate of drug-likeness (QED) is 0.479. The zero-order chi connectivity index (χ0) is 19.1. The number of fused-ring (bicyclic) bond motifs is 3. The van der Waals surface area contributed by atoms with Gasteiger partial charge in [-0.15, -0.1) is 0 Å². The van der Waals surface area contributed by atoms with Crippen molar-refractivity contribution in [2.75, 3.05) is 12.4 Å². The second kappa shape index (κ2) is 6.42. The normalized spacial score (nSPS) is 22.5. The Kier molecular flexibility index (Phi) is 4.07. The summed E-state index contributed by atoms with van der Waals surface area (Å²) in [5.41, 5.74) is 2.82. The summed E-state index contributed by atoms with van der Waals surface area (Å²) in [5, 5.41) is 24.1. The predicted octanol–water partition coefficient (Wildman–Crippen LogP) is 4.13. The molecule has 0 fully saturated rings. The fourth-order valence-corrected chi connectivity index (χ4v) is 4.10. The molecule has 2 aromatic carbocycles. The van der Waals surface area contributed by atoms with Gasteiger partial charge in [0.1, 0.15) is 0 Å². The summed E-state index contributed by atoms with van der Waals surface area (Å²) >= 11 is 0. The van der Waals surface area contributed by atoms with Gasteiger partial charge in [-0.25, -0.2) is 4.79 Å². The highest BCUT2D eigenvalue weighted by atomic mass is 16.6. The van der Waals surface area contributed by atoms with E-state index in [2.05, 4.69) is 17.5 Å². The lowest BCUT2D eigenvalue weighted by atomic mass is 9.76. The number of nitrogens with one attached hydrogen (secondary N) is 1. The topological polar surface area (TPSA) is 102 Å². The number of benzene rings is 2. The van der Waals surface area contributed by atoms with E-state index in [0.29, 0.717) is 0 Å². The summed E-state index contributed by atoms with van der Waals surface area (Å²) in [7, 11) is 1.41. The van der Waals surface area contributed by atoms with Crippen LogP contribution in [0.2, 0.25) is 0 Å². The molecule has 0 saturated carbocycles. The van der Waals surface area contributed by atoms with Gasteiger partial charge >= 0.3 is 11.7 Å². The maximum absolute atomic E-state index is 11.4. The zero-order valence-corrected chi connectivity index (χ0v) is 14.6. The van der Waals surface area contributed by atoms with Crippen LogP contribution in [0.1, 0.15) is 39.9 Å². The van der Waals surface area contributed by atoms with E-state index in [-0.39, 0.29) is 34.9 Å². The van der Waals surface area contributed by atoms with Crippen molar-refractivity contribution in [3.63, 3.8) is 0 Å². The van der Waals surface area contributed by atoms with Crippen LogP contribution in [0.5, 0.6) is 5.75 Å². The number of nitrogens with zero attached hydrogens (tertiary/aromatic N) is 1. The second-order valence-corrected chi connectivity index (χ2v) is 6.77. The second-order valence-electron chi connectivity index (χ2n) is 6.77. The number of carboxylic acids is 1. The highest BCUT2D eigenvalue weighted by Crippen LogP contribution is 2.50. The van der Waals surface area contributed by atoms with Gasteiger partial charge in [0.05, 0.1) is 23.6 Å². The summed E-state index contributed by atoms with van der Waals surface area (Å²) in [4.78, 5) is 22.3. The van der Waals surface area contributed by atoms with E-state index in [9.17, 15) is 20.0 Å². The van der Waals surface area contributed by atoms with E-state index in [1.807, 2.05) is 6.07 Å². The third-order valence-corrected chi connectivity index (χ3v) is 5.37. The molecule has 3 atom stereocenters. The lowest BCUT2D eigenvalue weighted by Gasteiger charge is -2.37. The number of carboxylic acid groups (broad SMARTS) is 1. The number of nitro benzene ring substituents is 1. The summed E-state index contributed by atoms with van der Waals surface area (Å²) in [6.07, 6.45) is 5.00. The van der Waals surface area contributed by atoms with Gasteiger partial charge < -0.3 is 15.2 Å². The van der Waals surface area contributed by atoms with Crippen LogP contribution in [0.3, 0.4) is 0 Å². The Morgan fingerprint density at radius 1 is 1.30 bits per heavy atom. The first-order valence-electron chi connectivity index (χ1n) is 8.62. The van der Waals surface area contributed by atoms with Crippen molar-refractivity contribution in [3.8, 4) is 5.75 Å². The number of rotatable bonds is 4. The van der Waals surface area contributed by atoms with Gasteiger partial charge in [-0.3, -0.25) is 10.1 Å². The molecular formula is C20H18N2O5. The molecule has 1 heterocycles. The average molecular weight is 366 g/mol. The maximum Gasteiger partial charge on any atom is 0.335 e. The fourth-order valence-electron chi connectivity index (χ4n) is 4.10. The van der Waals surface area contributed by atoms with Crippen molar-refractivity contribution in [1.82, 2.24) is 0 Å². The molecule has 27 heavy (non-hydrogen) atoms. The summed E-state index contributed by atoms with van der Waals surface area (Å²) in [5.74, 6) is -0.488. The summed E-state index contributed by atoms with van der Waals surface area (Å²) in [6, 6.07) is 9.96. The molecule has 1 aliphatic heterocycles. The minimum Gasteiger partial charge on any atom is -0.490 e. The molecule has 0 saturated heterocycles. The minimum atomic E-state index is -0.954. The molecule has 2 aromatic rings. The van der Waals surface area contributed by atoms with Crippen molar-refractivity contribution in [2.24, 2.45) is 5.92 Å². The molecule has 7 nitrogen and oxygen atoms in total. The van der Waals surface area contributed by atoms with Crippen LogP contribution in [-0.2, 0) is 0 Å². The number of allylic oxidation sites excluding steroid dienone is 2. The SMILES string of the molecule is COc1ccc([C@@H]2Nc3ccc(C(=O)O)cc3[C@@H]3C=CC[C@@H]32)cc1[N+](=O)[O-]. The Balaban J connectivity index is 1.77. The summed E-state index contributed by atoms with van der Waals surface area (Å²) < 4.78 is 5.10. The van der Waals surface area contributed by atoms with Gasteiger partial charge in [-0.2, -0.15) is 0 Å². The van der Waals surface area contributed by atoms with Gasteiger partial charge in [0.25, 0.3) is 0 Å². The van der Waals surface area contributed by atoms with E-state index in [4.69, 9.17) is 4.74 Å². The third-order valence-electron chi connectivity index (χ3n) is 5.37. The molecule has 1 aliphatic carbocycles. The smallest absolute Gasteiger partial charge is 0.335 e. The van der Waals surface area contributed by atoms with E-state index in [1.165, 1.54) is 7.11 Å². The molecular weight excluding hydrogens is 348 g/mol. The van der Waals surface area contributed by atoms with Crippen LogP contribution in [0.25, 0.3) is 0 Å². The maximum atomic E-state index is 11.4. The van der Waals surface area contributed by atoms with Crippen LogP contribution >= 0.6 is 0 Å². The molecule has 0 amide bonds. The Labute approximate surface area is 155 Å². The Bertz CT molecular complexity index is 969. The van der Waals surface area contributed by atoms with E-state index in [0.717, 1.165) is 23.2 Å². The predicted molar refractivity (Wildman–Crippen MR) is 99.4 cm³/mol. The van der Waals surface area contributed by atoms with Crippen molar-refractivity contribution < 1.29 is 19.6 Å². The van der Waals surface area contributed by atoms with Crippen LogP contribution in [-0.4, -0.2) is 23.1 Å². The Hall–Kier alpha value is -3.35. The summed E-state index contributed by atoms with van der Waals surface area (Å²) in [6.45, 7) is 0. The molecule has 0 unspecified atom stereocenters. The lowest BCUT2D eigenvalue weighted by Crippen LogP contribution is -2.29.